The van der Waals surface area contributed by atoms with Gasteiger partial charge < -0.3 is 19.3 Å². The molecule has 0 spiro atoms. The zero-order chi connectivity index (χ0) is 17.7. The maximum Gasteiger partial charge on any atom is 0.410 e. The molecular weight excluding hydrogens is 308 g/mol. The van der Waals surface area contributed by atoms with Crippen LogP contribution in [0.15, 0.2) is 12.4 Å². The maximum absolute atomic E-state index is 12.1. The van der Waals surface area contributed by atoms with Crippen molar-refractivity contribution in [2.45, 2.75) is 52.7 Å². The molecule has 1 aromatic heterocycles. The highest BCUT2D eigenvalue weighted by atomic mass is 16.6. The first-order valence-corrected chi connectivity index (χ1v) is 8.54. The number of hydrogen-bond acceptors (Lipinski definition) is 6. The average Bonchev–Trinajstić information content (AvgIpc) is 2.96. The van der Waals surface area contributed by atoms with Crippen molar-refractivity contribution in [1.82, 2.24) is 14.9 Å². The first kappa shape index (κ1) is 18.3. The minimum atomic E-state index is -0.485. The van der Waals surface area contributed by atoms with Gasteiger partial charge >= 0.3 is 6.09 Å². The number of carbonyl (C=O) groups is 1. The number of hydrogen-bond donors (Lipinski definition) is 0. The summed E-state index contributed by atoms with van der Waals surface area (Å²) in [6.07, 6.45) is 1.92. The average molecular weight is 336 g/mol. The lowest BCUT2D eigenvalue weighted by atomic mass is 10.2. The van der Waals surface area contributed by atoms with Crippen LogP contribution < -0.4 is 9.64 Å². The van der Waals surface area contributed by atoms with Gasteiger partial charge in [0, 0.05) is 32.1 Å². The summed E-state index contributed by atoms with van der Waals surface area (Å²) in [6.45, 7) is 12.7. The normalized spacial score (nSPS) is 17.7. The third-order valence-corrected chi connectivity index (χ3v) is 3.80. The number of rotatable bonds is 5. The van der Waals surface area contributed by atoms with Gasteiger partial charge in [0.2, 0.25) is 5.88 Å². The third-order valence-electron chi connectivity index (χ3n) is 3.80. The van der Waals surface area contributed by atoms with E-state index < -0.39 is 5.60 Å². The molecule has 1 atom stereocenters. The van der Waals surface area contributed by atoms with Crippen LogP contribution in [-0.4, -0.2) is 58.8 Å². The Balaban J connectivity index is 1.94. The molecule has 1 fully saturated rings. The Morgan fingerprint density at radius 1 is 1.33 bits per heavy atom. The summed E-state index contributed by atoms with van der Waals surface area (Å²) in [7, 11) is 0. The fourth-order valence-electron chi connectivity index (χ4n) is 2.60. The fourth-order valence-corrected chi connectivity index (χ4v) is 2.60. The van der Waals surface area contributed by atoms with Crippen molar-refractivity contribution in [2.24, 2.45) is 0 Å². The molecule has 1 aromatic rings. The van der Waals surface area contributed by atoms with Crippen LogP contribution in [0.5, 0.6) is 5.88 Å². The second-order valence-electron chi connectivity index (χ2n) is 6.84. The molecule has 0 aromatic carbocycles. The van der Waals surface area contributed by atoms with E-state index >= 15 is 0 Å². The van der Waals surface area contributed by atoms with Crippen LogP contribution in [-0.2, 0) is 4.74 Å². The number of amides is 1. The van der Waals surface area contributed by atoms with Gasteiger partial charge in [0.25, 0.3) is 0 Å². The summed E-state index contributed by atoms with van der Waals surface area (Å²) >= 11 is 0. The first-order chi connectivity index (χ1) is 11.3. The second kappa shape index (κ2) is 7.68. The largest absolute Gasteiger partial charge is 0.472 e. The molecule has 0 bridgehead atoms. The molecule has 7 nitrogen and oxygen atoms in total. The standard InChI is InChI=1S/C17H28N4O3/c1-6-20(7-2)14-10-15(19-12-18-14)23-13-8-9-21(11-13)16(22)24-17(3,4)5/h10,12-13H,6-9,11H2,1-5H3/t13-/m1/s1. The Labute approximate surface area is 144 Å². The Morgan fingerprint density at radius 3 is 2.67 bits per heavy atom. The molecule has 0 saturated carbocycles. The topological polar surface area (TPSA) is 67.8 Å². The SMILES string of the molecule is CCN(CC)c1cc(O[C@@H]2CCN(C(=O)OC(C)(C)C)C2)ncn1. The highest BCUT2D eigenvalue weighted by Gasteiger charge is 2.31. The van der Waals surface area contributed by atoms with Crippen molar-refractivity contribution >= 4 is 11.9 Å². The van der Waals surface area contributed by atoms with Gasteiger partial charge in [0.1, 0.15) is 23.9 Å². The molecule has 1 saturated heterocycles. The highest BCUT2D eigenvalue weighted by molar-refractivity contribution is 5.68. The van der Waals surface area contributed by atoms with E-state index in [9.17, 15) is 4.79 Å². The molecule has 1 aliphatic rings. The zero-order valence-corrected chi connectivity index (χ0v) is 15.3. The molecular formula is C17H28N4O3. The van der Waals surface area contributed by atoms with E-state index in [1.165, 1.54) is 6.33 Å². The van der Waals surface area contributed by atoms with E-state index in [0.717, 1.165) is 25.3 Å². The Kier molecular flexibility index (Phi) is 5.85. The molecule has 134 valence electrons. The number of anilines is 1. The molecule has 1 amide bonds. The predicted octanol–water partition coefficient (Wildman–Crippen LogP) is 2.71. The summed E-state index contributed by atoms with van der Waals surface area (Å²) in [5.74, 6) is 1.40. The van der Waals surface area contributed by atoms with Gasteiger partial charge in [-0.25, -0.2) is 14.8 Å². The zero-order valence-electron chi connectivity index (χ0n) is 15.3. The quantitative estimate of drug-likeness (QED) is 0.823. The smallest absolute Gasteiger partial charge is 0.410 e. The number of likely N-dealkylation sites (tertiary alicyclic amines) is 1. The van der Waals surface area contributed by atoms with E-state index in [1.807, 2.05) is 26.8 Å². The Bertz CT molecular complexity index is 555. The maximum atomic E-state index is 12.1. The summed E-state index contributed by atoms with van der Waals surface area (Å²) in [5, 5.41) is 0. The molecule has 2 heterocycles. The Hall–Kier alpha value is -2.05. The van der Waals surface area contributed by atoms with Gasteiger partial charge in [-0.2, -0.15) is 0 Å². The van der Waals surface area contributed by atoms with Crippen molar-refractivity contribution in [3.05, 3.63) is 12.4 Å². The molecule has 0 radical (unpaired) electrons. The van der Waals surface area contributed by atoms with E-state index in [4.69, 9.17) is 9.47 Å². The predicted molar refractivity (Wildman–Crippen MR) is 92.4 cm³/mol. The molecule has 0 unspecified atom stereocenters. The van der Waals surface area contributed by atoms with Crippen LogP contribution in [0.3, 0.4) is 0 Å². The van der Waals surface area contributed by atoms with E-state index in [1.54, 1.807) is 4.90 Å². The van der Waals surface area contributed by atoms with Crippen LogP contribution in [0.25, 0.3) is 0 Å². The van der Waals surface area contributed by atoms with E-state index in [0.29, 0.717) is 19.0 Å². The Morgan fingerprint density at radius 2 is 2.04 bits per heavy atom. The number of nitrogens with zero attached hydrogens (tertiary/aromatic N) is 4. The van der Waals surface area contributed by atoms with E-state index in [2.05, 4.69) is 28.7 Å². The van der Waals surface area contributed by atoms with Gasteiger partial charge in [-0.05, 0) is 34.6 Å². The second-order valence-corrected chi connectivity index (χ2v) is 6.84. The summed E-state index contributed by atoms with van der Waals surface area (Å²) in [5.41, 5.74) is -0.485. The number of ether oxygens (including phenoxy) is 2. The minimum Gasteiger partial charge on any atom is -0.472 e. The van der Waals surface area contributed by atoms with Gasteiger partial charge in [0.05, 0.1) is 6.54 Å². The highest BCUT2D eigenvalue weighted by Crippen LogP contribution is 2.21. The monoisotopic (exact) mass is 336 g/mol. The van der Waals surface area contributed by atoms with Crippen LogP contribution in [0.1, 0.15) is 41.0 Å². The van der Waals surface area contributed by atoms with Crippen molar-refractivity contribution in [3.8, 4) is 5.88 Å². The van der Waals surface area contributed by atoms with Gasteiger partial charge in [-0.15, -0.1) is 0 Å². The number of aromatic nitrogens is 2. The fraction of sp³-hybridized carbons (Fsp3) is 0.706. The molecule has 24 heavy (non-hydrogen) atoms. The van der Waals surface area contributed by atoms with Gasteiger partial charge in [0.15, 0.2) is 0 Å². The third kappa shape index (κ3) is 4.97. The van der Waals surface area contributed by atoms with Crippen LogP contribution >= 0.6 is 0 Å². The molecule has 0 N–H and O–H groups in total. The minimum absolute atomic E-state index is 0.0722. The molecule has 1 aliphatic heterocycles. The lowest BCUT2D eigenvalue weighted by molar-refractivity contribution is 0.0275. The van der Waals surface area contributed by atoms with Crippen LogP contribution in [0.2, 0.25) is 0 Å². The van der Waals surface area contributed by atoms with Gasteiger partial charge in [-0.1, -0.05) is 0 Å². The lowest BCUT2D eigenvalue weighted by Gasteiger charge is -2.24. The van der Waals surface area contributed by atoms with E-state index in [-0.39, 0.29) is 12.2 Å². The van der Waals surface area contributed by atoms with Crippen molar-refractivity contribution < 1.29 is 14.3 Å². The molecule has 7 heteroatoms. The number of carbonyl (C=O) groups excluding carboxylic acids is 1. The summed E-state index contributed by atoms with van der Waals surface area (Å²) in [4.78, 5) is 24.4. The van der Waals surface area contributed by atoms with Crippen LogP contribution in [0, 0.1) is 0 Å². The van der Waals surface area contributed by atoms with Crippen molar-refractivity contribution in [1.29, 1.82) is 0 Å². The van der Waals surface area contributed by atoms with Crippen molar-refractivity contribution in [3.63, 3.8) is 0 Å². The molecule has 0 aliphatic carbocycles. The van der Waals surface area contributed by atoms with Gasteiger partial charge in [-0.3, -0.25) is 0 Å². The van der Waals surface area contributed by atoms with Crippen LogP contribution in [0.4, 0.5) is 10.6 Å². The molecule has 2 rings (SSSR count). The first-order valence-electron chi connectivity index (χ1n) is 8.54. The van der Waals surface area contributed by atoms with Crippen molar-refractivity contribution in [2.75, 3.05) is 31.1 Å². The summed E-state index contributed by atoms with van der Waals surface area (Å²) < 4.78 is 11.3. The summed E-state index contributed by atoms with van der Waals surface area (Å²) in [6, 6.07) is 1.85. The lowest BCUT2D eigenvalue weighted by Crippen LogP contribution is -2.36.